The fourth-order valence-electron chi connectivity index (χ4n) is 3.40. The van der Waals surface area contributed by atoms with Crippen LogP contribution in [0.15, 0.2) is 42.9 Å². The van der Waals surface area contributed by atoms with Gasteiger partial charge in [0, 0.05) is 19.4 Å². The number of aromatic nitrogens is 3. The number of hydrogen-bond donors (Lipinski definition) is 2. The highest BCUT2D eigenvalue weighted by atomic mass is 16.5. The number of aromatic amines is 1. The lowest BCUT2D eigenvalue weighted by molar-refractivity contribution is 0.0344. The van der Waals surface area contributed by atoms with Gasteiger partial charge in [0.2, 0.25) is 0 Å². The summed E-state index contributed by atoms with van der Waals surface area (Å²) in [6, 6.07) is 11.3. The van der Waals surface area contributed by atoms with Gasteiger partial charge < -0.3 is 15.0 Å². The zero-order valence-corrected chi connectivity index (χ0v) is 14.0. The molecule has 0 bridgehead atoms. The molecule has 0 radical (unpaired) electrons. The normalized spacial score (nSPS) is 16.1. The van der Waals surface area contributed by atoms with Crippen molar-refractivity contribution in [3.8, 4) is 6.07 Å². The molecule has 0 unspecified atom stereocenters. The van der Waals surface area contributed by atoms with Crippen molar-refractivity contribution in [1.29, 1.82) is 5.26 Å². The number of hydrogen-bond acceptors (Lipinski definition) is 5. The molecule has 0 aliphatic carbocycles. The van der Waals surface area contributed by atoms with E-state index in [1.165, 1.54) is 6.33 Å². The van der Waals surface area contributed by atoms with Crippen molar-refractivity contribution in [2.45, 2.75) is 18.4 Å². The molecule has 1 amide bonds. The van der Waals surface area contributed by atoms with Gasteiger partial charge in [0.05, 0.1) is 22.6 Å². The molecule has 1 saturated heterocycles. The van der Waals surface area contributed by atoms with E-state index < -0.39 is 5.54 Å². The summed E-state index contributed by atoms with van der Waals surface area (Å²) in [5, 5.41) is 12.9. The molecule has 1 aromatic carbocycles. The monoisotopic (exact) mass is 347 g/mol. The second-order valence-electron chi connectivity index (χ2n) is 6.30. The number of nitrogens with one attached hydrogen (secondary N) is 2. The molecule has 2 N–H and O–H groups in total. The molecular formula is C19H17N5O2. The topological polar surface area (TPSA) is 104 Å². The van der Waals surface area contributed by atoms with Crippen molar-refractivity contribution in [3.63, 3.8) is 0 Å². The summed E-state index contributed by atoms with van der Waals surface area (Å²) < 4.78 is 5.50. The van der Waals surface area contributed by atoms with Crippen LogP contribution in [0.1, 0.15) is 34.5 Å². The number of carbonyl (C=O) groups is 1. The van der Waals surface area contributed by atoms with Crippen LogP contribution >= 0.6 is 0 Å². The van der Waals surface area contributed by atoms with Gasteiger partial charge in [0.25, 0.3) is 5.91 Å². The van der Waals surface area contributed by atoms with E-state index in [0.29, 0.717) is 48.3 Å². The first kappa shape index (κ1) is 16.2. The molecule has 7 heteroatoms. The second-order valence-corrected chi connectivity index (χ2v) is 6.30. The summed E-state index contributed by atoms with van der Waals surface area (Å²) in [7, 11) is 0. The van der Waals surface area contributed by atoms with Crippen LogP contribution in [0.2, 0.25) is 0 Å². The smallest absolute Gasteiger partial charge is 0.271 e. The molecular weight excluding hydrogens is 330 g/mol. The Hall–Kier alpha value is -3.24. The molecule has 0 spiro atoms. The molecule has 0 atom stereocenters. The molecule has 26 heavy (non-hydrogen) atoms. The lowest BCUT2D eigenvalue weighted by Crippen LogP contribution is -2.49. The van der Waals surface area contributed by atoms with E-state index in [4.69, 9.17) is 10.00 Å². The van der Waals surface area contributed by atoms with Crippen LogP contribution in [-0.4, -0.2) is 34.1 Å². The Kier molecular flexibility index (Phi) is 4.11. The standard InChI is InChI=1S/C19H17N5O2/c20-11-13-1-3-14(4-2-13)19(6-9-26-10-7-19)24-18(25)16-15-5-8-21-17(15)23-12-22-16/h1-5,8,12H,6-7,9-10H2,(H,24,25)(H,21,22,23). The quantitative estimate of drug-likeness (QED) is 0.756. The minimum atomic E-state index is -0.545. The summed E-state index contributed by atoms with van der Waals surface area (Å²) in [6.45, 7) is 1.12. The summed E-state index contributed by atoms with van der Waals surface area (Å²) in [6.07, 6.45) is 4.44. The first-order valence-corrected chi connectivity index (χ1v) is 8.41. The fraction of sp³-hybridized carbons (Fsp3) is 0.263. The van der Waals surface area contributed by atoms with E-state index in [2.05, 4.69) is 26.3 Å². The van der Waals surface area contributed by atoms with Crippen molar-refractivity contribution in [2.75, 3.05) is 13.2 Å². The molecule has 0 saturated carbocycles. The van der Waals surface area contributed by atoms with E-state index in [1.807, 2.05) is 12.1 Å². The number of amides is 1. The van der Waals surface area contributed by atoms with Gasteiger partial charge in [0.1, 0.15) is 17.7 Å². The van der Waals surface area contributed by atoms with Crippen LogP contribution in [0.3, 0.4) is 0 Å². The molecule has 2 aromatic heterocycles. The highest BCUT2D eigenvalue weighted by molar-refractivity contribution is 6.03. The van der Waals surface area contributed by atoms with Crippen molar-refractivity contribution >= 4 is 16.9 Å². The third kappa shape index (κ3) is 2.80. The van der Waals surface area contributed by atoms with E-state index in [0.717, 1.165) is 5.56 Å². The van der Waals surface area contributed by atoms with Gasteiger partial charge in [-0.25, -0.2) is 9.97 Å². The van der Waals surface area contributed by atoms with Crippen LogP contribution in [0, 0.1) is 11.3 Å². The average molecular weight is 347 g/mol. The maximum absolute atomic E-state index is 13.0. The van der Waals surface area contributed by atoms with Gasteiger partial charge in [-0.3, -0.25) is 4.79 Å². The Morgan fingerprint density at radius 1 is 1.19 bits per heavy atom. The number of H-pyrrole nitrogens is 1. The maximum atomic E-state index is 13.0. The summed E-state index contributed by atoms with van der Waals surface area (Å²) in [4.78, 5) is 24.3. The molecule has 3 heterocycles. The van der Waals surface area contributed by atoms with Crippen molar-refractivity contribution in [2.24, 2.45) is 0 Å². The third-order valence-corrected chi connectivity index (χ3v) is 4.83. The van der Waals surface area contributed by atoms with Crippen LogP contribution < -0.4 is 5.32 Å². The Morgan fingerprint density at radius 3 is 2.69 bits per heavy atom. The third-order valence-electron chi connectivity index (χ3n) is 4.83. The molecule has 3 aromatic rings. The van der Waals surface area contributed by atoms with Gasteiger partial charge in [-0.2, -0.15) is 5.26 Å². The Labute approximate surface area is 150 Å². The number of nitrogens with zero attached hydrogens (tertiary/aromatic N) is 3. The SMILES string of the molecule is N#Cc1ccc(C2(NC(=O)c3ncnc4[nH]ccc34)CCOCC2)cc1. The molecule has 4 rings (SSSR count). The van der Waals surface area contributed by atoms with Gasteiger partial charge in [0.15, 0.2) is 0 Å². The molecule has 1 fully saturated rings. The molecule has 1 aliphatic rings. The van der Waals surface area contributed by atoms with Crippen LogP contribution in [-0.2, 0) is 10.3 Å². The number of carbonyl (C=O) groups excluding carboxylic acids is 1. The van der Waals surface area contributed by atoms with Crippen LogP contribution in [0.5, 0.6) is 0 Å². The second kappa shape index (κ2) is 6.58. The Morgan fingerprint density at radius 2 is 1.96 bits per heavy atom. The zero-order valence-electron chi connectivity index (χ0n) is 14.0. The summed E-state index contributed by atoms with van der Waals surface area (Å²) in [5.74, 6) is -0.247. The lowest BCUT2D eigenvalue weighted by atomic mass is 9.82. The van der Waals surface area contributed by atoms with E-state index in [1.54, 1.807) is 24.4 Å². The van der Waals surface area contributed by atoms with Gasteiger partial charge in [-0.1, -0.05) is 12.1 Å². The molecule has 1 aliphatic heterocycles. The van der Waals surface area contributed by atoms with Crippen LogP contribution in [0.25, 0.3) is 11.0 Å². The van der Waals surface area contributed by atoms with Crippen molar-refractivity contribution in [1.82, 2.24) is 20.3 Å². The largest absolute Gasteiger partial charge is 0.381 e. The fourth-order valence-corrected chi connectivity index (χ4v) is 3.40. The van der Waals surface area contributed by atoms with E-state index in [9.17, 15) is 4.79 Å². The number of fused-ring (bicyclic) bond motifs is 1. The van der Waals surface area contributed by atoms with E-state index in [-0.39, 0.29) is 5.91 Å². The number of benzene rings is 1. The Balaban J connectivity index is 1.70. The molecule has 130 valence electrons. The van der Waals surface area contributed by atoms with Crippen molar-refractivity contribution in [3.05, 3.63) is 59.7 Å². The number of ether oxygens (including phenoxy) is 1. The first-order chi connectivity index (χ1) is 12.7. The number of rotatable bonds is 3. The highest BCUT2D eigenvalue weighted by Crippen LogP contribution is 2.33. The first-order valence-electron chi connectivity index (χ1n) is 8.41. The van der Waals surface area contributed by atoms with Gasteiger partial charge in [-0.15, -0.1) is 0 Å². The highest BCUT2D eigenvalue weighted by Gasteiger charge is 2.36. The minimum Gasteiger partial charge on any atom is -0.381 e. The predicted molar refractivity (Wildman–Crippen MR) is 94.2 cm³/mol. The zero-order chi connectivity index (χ0) is 18.0. The lowest BCUT2D eigenvalue weighted by Gasteiger charge is -2.38. The minimum absolute atomic E-state index is 0.247. The van der Waals surface area contributed by atoms with Gasteiger partial charge >= 0.3 is 0 Å². The summed E-state index contributed by atoms with van der Waals surface area (Å²) in [5.41, 5.74) is 1.98. The molecule has 7 nitrogen and oxygen atoms in total. The Bertz CT molecular complexity index is 981. The van der Waals surface area contributed by atoms with Crippen LogP contribution in [0.4, 0.5) is 0 Å². The predicted octanol–water partition coefficient (Wildman–Crippen LogP) is 2.27. The van der Waals surface area contributed by atoms with Gasteiger partial charge in [-0.05, 0) is 36.6 Å². The maximum Gasteiger partial charge on any atom is 0.271 e. The number of nitriles is 1. The summed E-state index contributed by atoms with van der Waals surface area (Å²) >= 11 is 0. The average Bonchev–Trinajstić information content (AvgIpc) is 3.17. The van der Waals surface area contributed by atoms with E-state index >= 15 is 0 Å². The van der Waals surface area contributed by atoms with Crippen molar-refractivity contribution < 1.29 is 9.53 Å².